The van der Waals surface area contributed by atoms with Gasteiger partial charge in [-0.1, -0.05) is 0 Å². The van der Waals surface area contributed by atoms with Gasteiger partial charge in [-0.3, -0.25) is 9.82 Å². The van der Waals surface area contributed by atoms with Crippen LogP contribution in [-0.2, 0) is 10.0 Å². The minimum atomic E-state index is -4.33. The zero-order valence-corrected chi connectivity index (χ0v) is 8.90. The molecular formula is C7H10F3N3O2S. The SMILES string of the molecule is O=S(=O)(CCCC(F)(F)F)Nc1cn[nH]c1. The summed E-state index contributed by atoms with van der Waals surface area (Å²) in [6, 6.07) is 0. The van der Waals surface area contributed by atoms with Crippen LogP contribution >= 0.6 is 0 Å². The van der Waals surface area contributed by atoms with Gasteiger partial charge in [0.2, 0.25) is 10.0 Å². The van der Waals surface area contributed by atoms with Gasteiger partial charge in [-0.25, -0.2) is 8.42 Å². The van der Waals surface area contributed by atoms with Gasteiger partial charge in [0.05, 0.1) is 17.6 Å². The summed E-state index contributed by atoms with van der Waals surface area (Å²) in [5, 5.41) is 5.87. The lowest BCUT2D eigenvalue weighted by Gasteiger charge is -2.07. The number of anilines is 1. The van der Waals surface area contributed by atoms with Crippen molar-refractivity contribution in [3.63, 3.8) is 0 Å². The van der Waals surface area contributed by atoms with E-state index in [2.05, 4.69) is 14.9 Å². The van der Waals surface area contributed by atoms with Gasteiger partial charge in [0.25, 0.3) is 0 Å². The summed E-state index contributed by atoms with van der Waals surface area (Å²) in [4.78, 5) is 0. The molecule has 0 bridgehead atoms. The second kappa shape index (κ2) is 4.73. The molecule has 1 aromatic heterocycles. The number of aromatic nitrogens is 2. The Hall–Kier alpha value is -1.25. The predicted molar refractivity (Wildman–Crippen MR) is 51.3 cm³/mol. The lowest BCUT2D eigenvalue weighted by molar-refractivity contribution is -0.134. The first-order valence-electron chi connectivity index (χ1n) is 4.34. The molecule has 0 aliphatic rings. The third kappa shape index (κ3) is 5.01. The normalized spacial score (nSPS) is 12.7. The summed E-state index contributed by atoms with van der Waals surface area (Å²) in [6.07, 6.45) is -3.39. The number of rotatable bonds is 5. The maximum atomic E-state index is 11.8. The van der Waals surface area contributed by atoms with Crippen molar-refractivity contribution in [2.24, 2.45) is 0 Å². The molecule has 1 aromatic rings. The van der Waals surface area contributed by atoms with E-state index < -0.39 is 34.8 Å². The van der Waals surface area contributed by atoms with Crippen molar-refractivity contribution in [3.05, 3.63) is 12.4 Å². The van der Waals surface area contributed by atoms with E-state index >= 15 is 0 Å². The highest BCUT2D eigenvalue weighted by Crippen LogP contribution is 2.21. The Labute approximate surface area is 90.1 Å². The number of nitrogens with zero attached hydrogens (tertiary/aromatic N) is 1. The Morgan fingerprint density at radius 2 is 2.12 bits per heavy atom. The highest BCUT2D eigenvalue weighted by molar-refractivity contribution is 7.92. The number of aromatic amines is 1. The molecule has 1 rings (SSSR count). The molecule has 1 heterocycles. The first kappa shape index (κ1) is 12.8. The number of alkyl halides is 3. The largest absolute Gasteiger partial charge is 0.389 e. The average molecular weight is 257 g/mol. The molecule has 0 fully saturated rings. The van der Waals surface area contributed by atoms with Crippen molar-refractivity contribution in [2.45, 2.75) is 19.0 Å². The summed E-state index contributed by atoms with van der Waals surface area (Å²) in [5.41, 5.74) is 0.201. The van der Waals surface area contributed by atoms with Crippen molar-refractivity contribution >= 4 is 15.7 Å². The van der Waals surface area contributed by atoms with E-state index in [1.807, 2.05) is 0 Å². The van der Waals surface area contributed by atoms with Crippen LogP contribution in [-0.4, -0.2) is 30.5 Å². The van der Waals surface area contributed by atoms with E-state index in [0.717, 1.165) is 0 Å². The van der Waals surface area contributed by atoms with Crippen molar-refractivity contribution < 1.29 is 21.6 Å². The maximum absolute atomic E-state index is 11.8. The van der Waals surface area contributed by atoms with Gasteiger partial charge in [-0.2, -0.15) is 18.3 Å². The molecule has 0 unspecified atom stereocenters. The average Bonchev–Trinajstić information content (AvgIpc) is 2.52. The summed E-state index contributed by atoms with van der Waals surface area (Å²) < 4.78 is 60.0. The number of halogens is 3. The Bertz CT molecular complexity index is 413. The van der Waals surface area contributed by atoms with E-state index in [1.54, 1.807) is 0 Å². The molecule has 92 valence electrons. The first-order chi connectivity index (χ1) is 7.29. The topological polar surface area (TPSA) is 74.8 Å². The van der Waals surface area contributed by atoms with Crippen LogP contribution in [0.15, 0.2) is 12.4 Å². The highest BCUT2D eigenvalue weighted by atomic mass is 32.2. The van der Waals surface area contributed by atoms with Gasteiger partial charge in [-0.15, -0.1) is 0 Å². The molecule has 2 N–H and O–H groups in total. The second-order valence-electron chi connectivity index (χ2n) is 3.13. The molecule has 0 saturated heterocycles. The minimum Gasteiger partial charge on any atom is -0.284 e. The molecule has 9 heteroatoms. The number of hydrogen-bond donors (Lipinski definition) is 2. The van der Waals surface area contributed by atoms with Gasteiger partial charge in [0.1, 0.15) is 0 Å². The van der Waals surface area contributed by atoms with Gasteiger partial charge in [-0.05, 0) is 6.42 Å². The molecule has 0 spiro atoms. The van der Waals surface area contributed by atoms with E-state index in [1.165, 1.54) is 12.4 Å². The fraction of sp³-hybridized carbons (Fsp3) is 0.571. The molecule has 0 aliphatic carbocycles. The van der Waals surface area contributed by atoms with Crippen LogP contribution in [0.3, 0.4) is 0 Å². The number of nitrogens with one attached hydrogen (secondary N) is 2. The number of hydrogen-bond acceptors (Lipinski definition) is 3. The predicted octanol–water partition coefficient (Wildman–Crippen LogP) is 1.49. The fourth-order valence-corrected chi connectivity index (χ4v) is 2.10. The molecule has 0 aromatic carbocycles. The van der Waals surface area contributed by atoms with Gasteiger partial charge < -0.3 is 0 Å². The van der Waals surface area contributed by atoms with Gasteiger partial charge >= 0.3 is 6.18 Å². The van der Waals surface area contributed by atoms with Crippen LogP contribution in [0.5, 0.6) is 0 Å². The monoisotopic (exact) mass is 257 g/mol. The summed E-state index contributed by atoms with van der Waals surface area (Å²) in [5.74, 6) is -0.572. The zero-order valence-electron chi connectivity index (χ0n) is 8.08. The first-order valence-corrected chi connectivity index (χ1v) is 6.00. The van der Waals surface area contributed by atoms with E-state index in [4.69, 9.17) is 0 Å². The van der Waals surface area contributed by atoms with Gasteiger partial charge in [0, 0.05) is 12.6 Å². The van der Waals surface area contributed by atoms with Crippen molar-refractivity contribution in [1.82, 2.24) is 10.2 Å². The Morgan fingerprint density at radius 1 is 1.44 bits per heavy atom. The fourth-order valence-electron chi connectivity index (χ4n) is 1.000. The van der Waals surface area contributed by atoms with Crippen LogP contribution in [0.1, 0.15) is 12.8 Å². The summed E-state index contributed by atoms with van der Waals surface area (Å²) in [7, 11) is -3.74. The highest BCUT2D eigenvalue weighted by Gasteiger charge is 2.27. The van der Waals surface area contributed by atoms with Gasteiger partial charge in [0.15, 0.2) is 0 Å². The molecule has 0 amide bonds. The van der Waals surface area contributed by atoms with Crippen molar-refractivity contribution in [1.29, 1.82) is 0 Å². The Morgan fingerprint density at radius 3 is 2.62 bits per heavy atom. The van der Waals surface area contributed by atoms with Crippen molar-refractivity contribution in [2.75, 3.05) is 10.5 Å². The molecule has 0 saturated carbocycles. The lowest BCUT2D eigenvalue weighted by Crippen LogP contribution is -2.18. The van der Waals surface area contributed by atoms with E-state index in [-0.39, 0.29) is 5.69 Å². The maximum Gasteiger partial charge on any atom is 0.389 e. The van der Waals surface area contributed by atoms with Crippen LogP contribution in [0.4, 0.5) is 18.9 Å². The molecule has 0 atom stereocenters. The quantitative estimate of drug-likeness (QED) is 0.839. The second-order valence-corrected chi connectivity index (χ2v) is 4.97. The standard InChI is InChI=1S/C7H10F3N3O2S/c8-7(9,10)2-1-3-16(14,15)13-6-4-11-12-5-6/h4-5,13H,1-3H2,(H,11,12). The zero-order chi connectivity index (χ0) is 12.2. The summed E-state index contributed by atoms with van der Waals surface area (Å²) >= 11 is 0. The third-order valence-electron chi connectivity index (χ3n) is 1.64. The number of sulfonamides is 1. The molecular weight excluding hydrogens is 247 g/mol. The van der Waals surface area contributed by atoms with Crippen molar-refractivity contribution in [3.8, 4) is 0 Å². The molecule has 16 heavy (non-hydrogen) atoms. The van der Waals surface area contributed by atoms with Crippen LogP contribution in [0.25, 0.3) is 0 Å². The molecule has 0 aliphatic heterocycles. The molecule has 5 nitrogen and oxygen atoms in total. The lowest BCUT2D eigenvalue weighted by atomic mass is 10.3. The van der Waals surface area contributed by atoms with Crippen LogP contribution in [0, 0.1) is 0 Å². The minimum absolute atomic E-state index is 0.201. The van der Waals surface area contributed by atoms with Crippen LogP contribution in [0.2, 0.25) is 0 Å². The molecule has 0 radical (unpaired) electrons. The van der Waals surface area contributed by atoms with Crippen LogP contribution < -0.4 is 4.72 Å². The smallest absolute Gasteiger partial charge is 0.284 e. The Balaban J connectivity index is 2.41. The number of H-pyrrole nitrogens is 1. The van der Waals surface area contributed by atoms with E-state index in [9.17, 15) is 21.6 Å². The summed E-state index contributed by atoms with van der Waals surface area (Å²) in [6.45, 7) is 0. The van der Waals surface area contributed by atoms with E-state index in [0.29, 0.717) is 0 Å². The Kier molecular flexibility index (Phi) is 3.79. The third-order valence-corrected chi connectivity index (χ3v) is 3.02.